The second kappa shape index (κ2) is 6.90. The molecule has 0 aromatic heterocycles. The van der Waals surface area contributed by atoms with Gasteiger partial charge in [-0.3, -0.25) is 4.79 Å². The van der Waals surface area contributed by atoms with Crippen molar-refractivity contribution in [2.45, 2.75) is 26.2 Å². The Morgan fingerprint density at radius 1 is 1.05 bits per heavy atom. The van der Waals surface area contributed by atoms with Gasteiger partial charge in [0.05, 0.1) is 7.11 Å². The Morgan fingerprint density at radius 3 is 2.40 bits per heavy atom. The van der Waals surface area contributed by atoms with E-state index in [1.807, 2.05) is 36.4 Å². The van der Waals surface area contributed by atoms with Gasteiger partial charge < -0.3 is 4.74 Å². The standard InChI is InChI=1S/C18H20O2/c1-14-5-3-4-6-16(14)9-10-17(19)13-15-7-11-18(20-2)12-8-15/h3-8,11-12H,9-10,13H2,1-2H3. The Labute approximate surface area is 120 Å². The molecule has 2 aromatic carbocycles. The normalized spacial score (nSPS) is 10.3. The average Bonchev–Trinajstić information content (AvgIpc) is 2.47. The lowest BCUT2D eigenvalue weighted by Crippen LogP contribution is -2.05. The first-order valence-corrected chi connectivity index (χ1v) is 6.88. The van der Waals surface area contributed by atoms with Crippen molar-refractivity contribution in [2.24, 2.45) is 0 Å². The topological polar surface area (TPSA) is 26.3 Å². The van der Waals surface area contributed by atoms with Crippen molar-refractivity contribution in [3.05, 3.63) is 65.2 Å². The van der Waals surface area contributed by atoms with Crippen LogP contribution >= 0.6 is 0 Å². The van der Waals surface area contributed by atoms with Gasteiger partial charge in [0, 0.05) is 12.8 Å². The molecule has 2 nitrogen and oxygen atoms in total. The van der Waals surface area contributed by atoms with Gasteiger partial charge in [0.2, 0.25) is 0 Å². The number of ketones is 1. The summed E-state index contributed by atoms with van der Waals surface area (Å²) in [5.74, 6) is 1.10. The predicted molar refractivity (Wildman–Crippen MR) is 81.2 cm³/mol. The molecule has 0 saturated carbocycles. The van der Waals surface area contributed by atoms with Gasteiger partial charge in [-0.05, 0) is 42.2 Å². The molecule has 0 N–H and O–H groups in total. The SMILES string of the molecule is COc1ccc(CC(=O)CCc2ccccc2C)cc1. The van der Waals surface area contributed by atoms with E-state index in [2.05, 4.69) is 19.1 Å². The highest BCUT2D eigenvalue weighted by atomic mass is 16.5. The summed E-state index contributed by atoms with van der Waals surface area (Å²) < 4.78 is 5.11. The van der Waals surface area contributed by atoms with E-state index in [9.17, 15) is 4.79 Å². The molecule has 0 aliphatic heterocycles. The van der Waals surface area contributed by atoms with Crippen LogP contribution in [0.2, 0.25) is 0 Å². The number of Topliss-reactive ketones (excluding diaryl/α,β-unsaturated/α-hetero) is 1. The third-order valence-electron chi connectivity index (χ3n) is 3.49. The minimum atomic E-state index is 0.276. The first-order chi connectivity index (χ1) is 9.69. The number of aryl methyl sites for hydroxylation is 2. The molecule has 0 heterocycles. The van der Waals surface area contributed by atoms with Gasteiger partial charge in [0.25, 0.3) is 0 Å². The number of hydrogen-bond acceptors (Lipinski definition) is 2. The average molecular weight is 268 g/mol. The fraction of sp³-hybridized carbons (Fsp3) is 0.278. The van der Waals surface area contributed by atoms with Crippen LogP contribution in [0.5, 0.6) is 5.75 Å². The van der Waals surface area contributed by atoms with Crippen LogP contribution in [-0.2, 0) is 17.6 Å². The van der Waals surface area contributed by atoms with Gasteiger partial charge in [-0.15, -0.1) is 0 Å². The quantitative estimate of drug-likeness (QED) is 0.797. The van der Waals surface area contributed by atoms with E-state index in [0.29, 0.717) is 12.8 Å². The van der Waals surface area contributed by atoms with E-state index in [1.165, 1.54) is 11.1 Å². The number of ether oxygens (including phenoxy) is 1. The number of benzene rings is 2. The maximum atomic E-state index is 12.0. The molecular weight excluding hydrogens is 248 g/mol. The first-order valence-electron chi connectivity index (χ1n) is 6.88. The summed E-state index contributed by atoms with van der Waals surface area (Å²) >= 11 is 0. The monoisotopic (exact) mass is 268 g/mol. The van der Waals surface area contributed by atoms with Crippen LogP contribution in [0.25, 0.3) is 0 Å². The molecule has 0 atom stereocenters. The van der Waals surface area contributed by atoms with E-state index in [0.717, 1.165) is 17.7 Å². The Kier molecular flexibility index (Phi) is 4.94. The number of methoxy groups -OCH3 is 1. The van der Waals surface area contributed by atoms with Crippen LogP contribution in [0.4, 0.5) is 0 Å². The van der Waals surface area contributed by atoms with Crippen molar-refractivity contribution >= 4 is 5.78 Å². The van der Waals surface area contributed by atoms with Gasteiger partial charge in [-0.25, -0.2) is 0 Å². The lowest BCUT2D eigenvalue weighted by atomic mass is 10.00. The molecule has 0 saturated heterocycles. The van der Waals surface area contributed by atoms with Crippen molar-refractivity contribution in [3.8, 4) is 5.75 Å². The van der Waals surface area contributed by atoms with Gasteiger partial charge in [0.1, 0.15) is 11.5 Å². The minimum absolute atomic E-state index is 0.276. The third kappa shape index (κ3) is 3.95. The lowest BCUT2D eigenvalue weighted by Gasteiger charge is -2.06. The Morgan fingerprint density at radius 2 is 1.75 bits per heavy atom. The summed E-state index contributed by atoms with van der Waals surface area (Å²) in [6.07, 6.45) is 1.91. The molecule has 0 bridgehead atoms. The first kappa shape index (κ1) is 14.3. The zero-order valence-corrected chi connectivity index (χ0v) is 12.1. The summed E-state index contributed by atoms with van der Waals surface area (Å²) in [7, 11) is 1.64. The van der Waals surface area contributed by atoms with Crippen LogP contribution in [0, 0.1) is 6.92 Å². The van der Waals surface area contributed by atoms with E-state index >= 15 is 0 Å². The Hall–Kier alpha value is -2.09. The van der Waals surface area contributed by atoms with Crippen LogP contribution in [0.3, 0.4) is 0 Å². The van der Waals surface area contributed by atoms with Crippen molar-refractivity contribution in [3.63, 3.8) is 0 Å². The van der Waals surface area contributed by atoms with E-state index < -0.39 is 0 Å². The second-order valence-corrected chi connectivity index (χ2v) is 4.99. The number of hydrogen-bond donors (Lipinski definition) is 0. The predicted octanol–water partition coefficient (Wildman–Crippen LogP) is 3.75. The smallest absolute Gasteiger partial charge is 0.137 e. The molecule has 0 aliphatic rings. The summed E-state index contributed by atoms with van der Waals surface area (Å²) in [6.45, 7) is 2.09. The second-order valence-electron chi connectivity index (χ2n) is 4.99. The Balaban J connectivity index is 1.87. The van der Waals surface area contributed by atoms with Crippen LogP contribution in [0.15, 0.2) is 48.5 Å². The van der Waals surface area contributed by atoms with Crippen LogP contribution in [0.1, 0.15) is 23.1 Å². The fourth-order valence-corrected chi connectivity index (χ4v) is 2.22. The maximum Gasteiger partial charge on any atom is 0.137 e. The molecule has 0 fully saturated rings. The Bertz CT molecular complexity index is 570. The highest BCUT2D eigenvalue weighted by molar-refractivity contribution is 5.81. The van der Waals surface area contributed by atoms with Crippen molar-refractivity contribution < 1.29 is 9.53 Å². The third-order valence-corrected chi connectivity index (χ3v) is 3.49. The summed E-state index contributed by atoms with van der Waals surface area (Å²) in [4.78, 5) is 12.0. The number of rotatable bonds is 6. The molecule has 2 rings (SSSR count). The van der Waals surface area contributed by atoms with E-state index in [-0.39, 0.29) is 5.78 Å². The van der Waals surface area contributed by atoms with Crippen molar-refractivity contribution in [1.82, 2.24) is 0 Å². The molecular formula is C18H20O2. The van der Waals surface area contributed by atoms with Crippen molar-refractivity contribution in [1.29, 1.82) is 0 Å². The van der Waals surface area contributed by atoms with Crippen LogP contribution < -0.4 is 4.74 Å². The molecule has 20 heavy (non-hydrogen) atoms. The molecule has 0 aliphatic carbocycles. The minimum Gasteiger partial charge on any atom is -0.497 e. The van der Waals surface area contributed by atoms with E-state index in [1.54, 1.807) is 7.11 Å². The molecule has 0 amide bonds. The number of carbonyl (C=O) groups excluding carboxylic acids is 1. The van der Waals surface area contributed by atoms with Crippen LogP contribution in [-0.4, -0.2) is 12.9 Å². The molecule has 2 heteroatoms. The largest absolute Gasteiger partial charge is 0.497 e. The summed E-state index contributed by atoms with van der Waals surface area (Å²) in [6, 6.07) is 15.9. The maximum absolute atomic E-state index is 12.0. The van der Waals surface area contributed by atoms with Crippen molar-refractivity contribution in [2.75, 3.05) is 7.11 Å². The number of carbonyl (C=O) groups is 1. The molecule has 0 spiro atoms. The summed E-state index contributed by atoms with van der Waals surface area (Å²) in [5, 5.41) is 0. The summed E-state index contributed by atoms with van der Waals surface area (Å²) in [5.41, 5.74) is 3.56. The molecule has 104 valence electrons. The lowest BCUT2D eigenvalue weighted by molar-refractivity contribution is -0.118. The molecule has 0 radical (unpaired) electrons. The highest BCUT2D eigenvalue weighted by Crippen LogP contribution is 2.14. The van der Waals surface area contributed by atoms with E-state index in [4.69, 9.17) is 4.74 Å². The molecule has 0 unspecified atom stereocenters. The molecule has 2 aromatic rings. The zero-order valence-electron chi connectivity index (χ0n) is 12.1. The highest BCUT2D eigenvalue weighted by Gasteiger charge is 2.06. The fourth-order valence-electron chi connectivity index (χ4n) is 2.22. The van der Waals surface area contributed by atoms with Gasteiger partial charge in [-0.2, -0.15) is 0 Å². The zero-order chi connectivity index (χ0) is 14.4. The van der Waals surface area contributed by atoms with Gasteiger partial charge in [0.15, 0.2) is 0 Å². The van der Waals surface area contributed by atoms with Gasteiger partial charge >= 0.3 is 0 Å². The van der Waals surface area contributed by atoms with Gasteiger partial charge in [-0.1, -0.05) is 36.4 Å².